The molecule has 1 atom stereocenters. The largest absolute Gasteiger partial charge is 0.458 e. The van der Waals surface area contributed by atoms with Gasteiger partial charge in [-0.2, -0.15) is 8.75 Å². The highest BCUT2D eigenvalue weighted by atomic mass is 32.1. The third-order valence-electron chi connectivity index (χ3n) is 2.77. The predicted octanol–water partition coefficient (Wildman–Crippen LogP) is 1.48. The van der Waals surface area contributed by atoms with Crippen molar-refractivity contribution >= 4 is 23.6 Å². The van der Waals surface area contributed by atoms with Crippen molar-refractivity contribution in [2.24, 2.45) is 0 Å². The van der Waals surface area contributed by atoms with E-state index < -0.39 is 11.6 Å². The van der Waals surface area contributed by atoms with Crippen LogP contribution in [0.2, 0.25) is 0 Å². The molecule has 0 unspecified atom stereocenters. The van der Waals surface area contributed by atoms with Gasteiger partial charge in [-0.05, 0) is 33.6 Å². The maximum Gasteiger partial charge on any atom is 0.329 e. The molecular formula is C12H17N3O3S. The fourth-order valence-corrected chi connectivity index (χ4v) is 2.44. The highest BCUT2D eigenvalue weighted by molar-refractivity contribution is 6.99. The molecule has 19 heavy (non-hydrogen) atoms. The molecule has 1 aliphatic heterocycles. The maximum atomic E-state index is 12.2. The van der Waals surface area contributed by atoms with Gasteiger partial charge in [-0.25, -0.2) is 4.79 Å². The molecule has 0 bridgehead atoms. The number of carbonyl (C=O) groups excluding carboxylic acids is 2. The molecule has 0 radical (unpaired) electrons. The summed E-state index contributed by atoms with van der Waals surface area (Å²) in [4.78, 5) is 25.8. The lowest BCUT2D eigenvalue weighted by Crippen LogP contribution is -2.43. The van der Waals surface area contributed by atoms with E-state index in [1.165, 1.54) is 11.1 Å². The first-order valence-corrected chi connectivity index (χ1v) is 6.93. The van der Waals surface area contributed by atoms with Gasteiger partial charge in [0.2, 0.25) is 0 Å². The summed E-state index contributed by atoms with van der Waals surface area (Å²) < 4.78 is 13.1. The zero-order valence-electron chi connectivity index (χ0n) is 11.3. The van der Waals surface area contributed by atoms with Gasteiger partial charge in [0.1, 0.15) is 11.6 Å². The lowest BCUT2D eigenvalue weighted by Gasteiger charge is -2.26. The average Bonchev–Trinajstić information content (AvgIpc) is 2.97. The molecule has 0 N–H and O–H groups in total. The molecule has 2 heterocycles. The number of likely N-dealkylation sites (tertiary alicyclic amines) is 1. The molecule has 0 aliphatic carbocycles. The van der Waals surface area contributed by atoms with Gasteiger partial charge in [0.25, 0.3) is 5.91 Å². The SMILES string of the molecule is CC(C)(C)OC(=O)[C@@H]1CCCN1C(=O)c1cnsn1. The number of rotatable bonds is 2. The summed E-state index contributed by atoms with van der Waals surface area (Å²) >= 11 is 0.983. The Kier molecular flexibility index (Phi) is 3.84. The summed E-state index contributed by atoms with van der Waals surface area (Å²) in [5.74, 6) is -0.594. The number of amides is 1. The van der Waals surface area contributed by atoms with E-state index in [0.29, 0.717) is 18.7 Å². The van der Waals surface area contributed by atoms with E-state index in [1.807, 2.05) is 20.8 Å². The third kappa shape index (κ3) is 3.28. The van der Waals surface area contributed by atoms with Crippen LogP contribution in [0.3, 0.4) is 0 Å². The Morgan fingerprint density at radius 2 is 2.21 bits per heavy atom. The number of hydrogen-bond acceptors (Lipinski definition) is 6. The van der Waals surface area contributed by atoms with E-state index in [-0.39, 0.29) is 11.9 Å². The minimum absolute atomic E-state index is 0.248. The molecule has 1 amide bonds. The van der Waals surface area contributed by atoms with Crippen molar-refractivity contribution in [3.05, 3.63) is 11.9 Å². The second-order valence-corrected chi connectivity index (χ2v) is 6.04. The van der Waals surface area contributed by atoms with Crippen LogP contribution >= 0.6 is 11.7 Å². The summed E-state index contributed by atoms with van der Waals surface area (Å²) in [6.45, 7) is 6.00. The van der Waals surface area contributed by atoms with Crippen LogP contribution in [0.4, 0.5) is 0 Å². The lowest BCUT2D eigenvalue weighted by atomic mass is 10.1. The highest BCUT2D eigenvalue weighted by Gasteiger charge is 2.37. The van der Waals surface area contributed by atoms with Crippen LogP contribution in [-0.4, -0.2) is 43.7 Å². The number of ether oxygens (including phenoxy) is 1. The normalized spacial score (nSPS) is 19.5. The van der Waals surface area contributed by atoms with E-state index in [1.54, 1.807) is 0 Å². The Morgan fingerprint density at radius 1 is 1.47 bits per heavy atom. The van der Waals surface area contributed by atoms with E-state index >= 15 is 0 Å². The topological polar surface area (TPSA) is 72.4 Å². The van der Waals surface area contributed by atoms with Crippen LogP contribution in [0.15, 0.2) is 6.20 Å². The van der Waals surface area contributed by atoms with E-state index in [0.717, 1.165) is 18.1 Å². The van der Waals surface area contributed by atoms with Crippen molar-refractivity contribution in [1.82, 2.24) is 13.6 Å². The third-order valence-corrected chi connectivity index (χ3v) is 3.25. The van der Waals surface area contributed by atoms with Crippen molar-refractivity contribution in [2.45, 2.75) is 45.3 Å². The van der Waals surface area contributed by atoms with Gasteiger partial charge in [0.15, 0.2) is 5.69 Å². The van der Waals surface area contributed by atoms with Crippen molar-refractivity contribution in [3.8, 4) is 0 Å². The Hall–Kier alpha value is -1.50. The van der Waals surface area contributed by atoms with Crippen molar-refractivity contribution < 1.29 is 14.3 Å². The van der Waals surface area contributed by atoms with Crippen LogP contribution in [0, 0.1) is 0 Å². The molecule has 0 spiro atoms. The molecule has 1 aromatic rings. The Bertz CT molecular complexity index is 467. The monoisotopic (exact) mass is 283 g/mol. The number of hydrogen-bond donors (Lipinski definition) is 0. The predicted molar refractivity (Wildman–Crippen MR) is 69.8 cm³/mol. The lowest BCUT2D eigenvalue weighted by molar-refractivity contribution is -0.159. The van der Waals surface area contributed by atoms with Crippen molar-refractivity contribution in [1.29, 1.82) is 0 Å². The number of aromatic nitrogens is 2. The number of carbonyl (C=O) groups is 2. The van der Waals surface area contributed by atoms with Crippen LogP contribution in [0.1, 0.15) is 44.1 Å². The molecule has 0 saturated carbocycles. The first kappa shape index (κ1) is 13.9. The van der Waals surface area contributed by atoms with Crippen molar-refractivity contribution in [3.63, 3.8) is 0 Å². The smallest absolute Gasteiger partial charge is 0.329 e. The number of esters is 1. The molecule has 7 heteroatoms. The van der Waals surface area contributed by atoms with Crippen LogP contribution in [0.25, 0.3) is 0 Å². The second-order valence-electron chi connectivity index (χ2n) is 5.48. The maximum absolute atomic E-state index is 12.2. The molecule has 1 aromatic heterocycles. The zero-order chi connectivity index (χ0) is 14.0. The first-order valence-electron chi connectivity index (χ1n) is 6.20. The van der Waals surface area contributed by atoms with Crippen LogP contribution in [-0.2, 0) is 9.53 Å². The van der Waals surface area contributed by atoms with Gasteiger partial charge in [-0.1, -0.05) is 0 Å². The molecule has 1 saturated heterocycles. The van der Waals surface area contributed by atoms with E-state index in [2.05, 4.69) is 8.75 Å². The fourth-order valence-electron chi connectivity index (χ4n) is 2.03. The van der Waals surface area contributed by atoms with Crippen molar-refractivity contribution in [2.75, 3.05) is 6.54 Å². The summed E-state index contributed by atoms with van der Waals surface area (Å²) in [5, 5.41) is 0. The standard InChI is InChI=1S/C12H17N3O3S/c1-12(2,3)18-11(17)9-5-4-6-15(9)10(16)8-7-13-19-14-8/h7,9H,4-6H2,1-3H3/t9-/m0/s1. The first-order chi connectivity index (χ1) is 8.88. The zero-order valence-corrected chi connectivity index (χ0v) is 12.1. The van der Waals surface area contributed by atoms with Gasteiger partial charge < -0.3 is 9.64 Å². The van der Waals surface area contributed by atoms with Crippen LogP contribution in [0.5, 0.6) is 0 Å². The average molecular weight is 283 g/mol. The van der Waals surface area contributed by atoms with E-state index in [4.69, 9.17) is 4.74 Å². The van der Waals surface area contributed by atoms with E-state index in [9.17, 15) is 9.59 Å². The Balaban J connectivity index is 2.09. The molecule has 104 valence electrons. The van der Waals surface area contributed by atoms with Gasteiger partial charge in [-0.15, -0.1) is 0 Å². The molecule has 1 aliphatic rings. The van der Waals surface area contributed by atoms with Crippen LogP contribution < -0.4 is 0 Å². The Morgan fingerprint density at radius 3 is 2.79 bits per heavy atom. The summed E-state index contributed by atoms with van der Waals surface area (Å²) in [7, 11) is 0. The molecule has 0 aromatic carbocycles. The quantitative estimate of drug-likeness (QED) is 0.769. The van der Waals surface area contributed by atoms with Gasteiger partial charge in [-0.3, -0.25) is 4.79 Å². The van der Waals surface area contributed by atoms with Gasteiger partial charge in [0.05, 0.1) is 17.9 Å². The summed E-state index contributed by atoms with van der Waals surface area (Å²) in [6.07, 6.45) is 2.86. The highest BCUT2D eigenvalue weighted by Crippen LogP contribution is 2.22. The molecule has 2 rings (SSSR count). The summed E-state index contributed by atoms with van der Waals surface area (Å²) in [6, 6.07) is -0.506. The minimum Gasteiger partial charge on any atom is -0.458 e. The van der Waals surface area contributed by atoms with Gasteiger partial charge >= 0.3 is 5.97 Å². The second kappa shape index (κ2) is 5.24. The molecule has 1 fully saturated rings. The van der Waals surface area contributed by atoms with Gasteiger partial charge in [0, 0.05) is 6.54 Å². The minimum atomic E-state index is -0.545. The summed E-state index contributed by atoms with van der Waals surface area (Å²) in [5.41, 5.74) is -0.253. The molecular weight excluding hydrogens is 266 g/mol. The number of nitrogens with zero attached hydrogens (tertiary/aromatic N) is 3. The Labute approximate surface area is 116 Å². The fraction of sp³-hybridized carbons (Fsp3) is 0.667. The molecule has 6 nitrogen and oxygen atoms in total.